The van der Waals surface area contributed by atoms with Gasteiger partial charge in [-0.25, -0.2) is 0 Å². The largest absolute Gasteiger partial charge is 0.312 e. The Morgan fingerprint density at radius 3 is 3.33 bits per heavy atom. The highest BCUT2D eigenvalue weighted by Crippen LogP contribution is 2.26. The van der Waals surface area contributed by atoms with Crippen LogP contribution in [0.2, 0.25) is 0 Å². The summed E-state index contributed by atoms with van der Waals surface area (Å²) in [7, 11) is 0. The standard InChI is InChI=1S/C10H15NS/c1-2-3-8-7-12-10-4-5-11-6-9(8)10/h7,11H,2-6H2,1H3. The molecule has 0 spiro atoms. The van der Waals surface area contributed by atoms with Crippen molar-refractivity contribution in [1.82, 2.24) is 5.32 Å². The molecule has 1 aromatic heterocycles. The van der Waals surface area contributed by atoms with Gasteiger partial charge in [0.1, 0.15) is 0 Å². The van der Waals surface area contributed by atoms with Crippen LogP contribution in [0.25, 0.3) is 0 Å². The van der Waals surface area contributed by atoms with Gasteiger partial charge in [-0.2, -0.15) is 0 Å². The number of nitrogens with one attached hydrogen (secondary N) is 1. The molecule has 66 valence electrons. The molecule has 0 saturated carbocycles. The third-order valence-corrected chi connectivity index (χ3v) is 3.56. The van der Waals surface area contributed by atoms with E-state index in [0.29, 0.717) is 0 Å². The van der Waals surface area contributed by atoms with Crippen LogP contribution >= 0.6 is 11.3 Å². The SMILES string of the molecule is CCCc1csc2c1CNCC2. The summed E-state index contributed by atoms with van der Waals surface area (Å²) in [5.41, 5.74) is 3.19. The summed E-state index contributed by atoms with van der Waals surface area (Å²) in [6.07, 6.45) is 3.76. The molecule has 2 heterocycles. The van der Waals surface area contributed by atoms with Crippen LogP contribution in [-0.4, -0.2) is 6.54 Å². The molecule has 0 fully saturated rings. The van der Waals surface area contributed by atoms with E-state index in [9.17, 15) is 0 Å². The van der Waals surface area contributed by atoms with Crippen molar-refractivity contribution in [1.29, 1.82) is 0 Å². The van der Waals surface area contributed by atoms with Gasteiger partial charge in [0.05, 0.1) is 0 Å². The van der Waals surface area contributed by atoms with E-state index in [1.165, 1.54) is 25.8 Å². The molecule has 0 atom stereocenters. The average Bonchev–Trinajstić information content (AvgIpc) is 2.50. The minimum Gasteiger partial charge on any atom is -0.312 e. The number of hydrogen-bond acceptors (Lipinski definition) is 2. The molecule has 2 rings (SSSR count). The Labute approximate surface area is 77.8 Å². The molecule has 0 saturated heterocycles. The molecule has 0 radical (unpaired) electrons. The Morgan fingerprint density at radius 2 is 2.50 bits per heavy atom. The van der Waals surface area contributed by atoms with Gasteiger partial charge in [0.25, 0.3) is 0 Å². The predicted octanol–water partition coefficient (Wildman–Crippen LogP) is 2.35. The monoisotopic (exact) mass is 181 g/mol. The van der Waals surface area contributed by atoms with E-state index in [-0.39, 0.29) is 0 Å². The van der Waals surface area contributed by atoms with Crippen LogP contribution in [0, 0.1) is 0 Å². The van der Waals surface area contributed by atoms with Gasteiger partial charge >= 0.3 is 0 Å². The molecule has 0 amide bonds. The molecule has 0 unspecified atom stereocenters. The van der Waals surface area contributed by atoms with E-state index in [2.05, 4.69) is 17.6 Å². The summed E-state index contributed by atoms with van der Waals surface area (Å²) in [5.74, 6) is 0. The van der Waals surface area contributed by atoms with Crippen molar-refractivity contribution in [3.05, 3.63) is 21.4 Å². The number of hydrogen-bond donors (Lipinski definition) is 1. The first-order valence-electron chi connectivity index (χ1n) is 4.70. The van der Waals surface area contributed by atoms with E-state index in [1.807, 2.05) is 11.3 Å². The summed E-state index contributed by atoms with van der Waals surface area (Å²) >= 11 is 1.95. The van der Waals surface area contributed by atoms with Crippen LogP contribution in [0.5, 0.6) is 0 Å². The van der Waals surface area contributed by atoms with Crippen molar-refractivity contribution >= 4 is 11.3 Å². The lowest BCUT2D eigenvalue weighted by molar-refractivity contribution is 0.646. The zero-order valence-corrected chi connectivity index (χ0v) is 8.34. The number of thiophene rings is 1. The highest BCUT2D eigenvalue weighted by molar-refractivity contribution is 7.10. The molecule has 1 N–H and O–H groups in total. The van der Waals surface area contributed by atoms with Crippen molar-refractivity contribution in [2.75, 3.05) is 6.54 Å². The molecule has 2 heteroatoms. The van der Waals surface area contributed by atoms with Crippen LogP contribution in [0.4, 0.5) is 0 Å². The van der Waals surface area contributed by atoms with E-state index in [0.717, 1.165) is 6.54 Å². The number of rotatable bonds is 2. The van der Waals surface area contributed by atoms with Gasteiger partial charge in [0.2, 0.25) is 0 Å². The van der Waals surface area contributed by atoms with Crippen LogP contribution in [-0.2, 0) is 19.4 Å². The van der Waals surface area contributed by atoms with Crippen molar-refractivity contribution < 1.29 is 0 Å². The van der Waals surface area contributed by atoms with E-state index in [4.69, 9.17) is 0 Å². The van der Waals surface area contributed by atoms with Gasteiger partial charge in [-0.1, -0.05) is 13.3 Å². The molecule has 1 aliphatic heterocycles. The molecule has 1 nitrogen and oxygen atoms in total. The fraction of sp³-hybridized carbons (Fsp3) is 0.600. The summed E-state index contributed by atoms with van der Waals surface area (Å²) in [4.78, 5) is 1.62. The Hall–Kier alpha value is -0.340. The Balaban J connectivity index is 2.25. The van der Waals surface area contributed by atoms with Gasteiger partial charge in [-0.15, -0.1) is 11.3 Å². The Kier molecular flexibility index (Phi) is 2.47. The second-order valence-corrected chi connectivity index (χ2v) is 4.30. The Bertz CT molecular complexity index is 265. The second kappa shape index (κ2) is 3.58. The maximum absolute atomic E-state index is 3.43. The van der Waals surface area contributed by atoms with E-state index >= 15 is 0 Å². The third kappa shape index (κ3) is 1.41. The fourth-order valence-electron chi connectivity index (χ4n) is 1.78. The zero-order chi connectivity index (χ0) is 8.39. The Morgan fingerprint density at radius 1 is 1.58 bits per heavy atom. The number of fused-ring (bicyclic) bond motifs is 1. The van der Waals surface area contributed by atoms with Gasteiger partial charge in [-0.3, -0.25) is 0 Å². The van der Waals surface area contributed by atoms with Crippen molar-refractivity contribution in [2.24, 2.45) is 0 Å². The first-order valence-corrected chi connectivity index (χ1v) is 5.58. The van der Waals surface area contributed by atoms with Gasteiger partial charge in [0.15, 0.2) is 0 Å². The normalized spacial score (nSPS) is 16.1. The molecule has 0 aliphatic carbocycles. The lowest BCUT2D eigenvalue weighted by atomic mass is 10.0. The molecular formula is C10H15NS. The van der Waals surface area contributed by atoms with Crippen molar-refractivity contribution in [2.45, 2.75) is 32.7 Å². The highest BCUT2D eigenvalue weighted by atomic mass is 32.1. The first kappa shape index (κ1) is 8.27. The molecule has 1 aromatic rings. The summed E-state index contributed by atoms with van der Waals surface area (Å²) in [6, 6.07) is 0. The molecule has 1 aliphatic rings. The third-order valence-electron chi connectivity index (χ3n) is 2.42. The van der Waals surface area contributed by atoms with Crippen LogP contribution in [0.15, 0.2) is 5.38 Å². The molecule has 12 heavy (non-hydrogen) atoms. The van der Waals surface area contributed by atoms with Gasteiger partial charge < -0.3 is 5.32 Å². The van der Waals surface area contributed by atoms with E-state index in [1.54, 1.807) is 16.0 Å². The lowest BCUT2D eigenvalue weighted by Crippen LogP contribution is -2.22. The van der Waals surface area contributed by atoms with Crippen LogP contribution in [0.1, 0.15) is 29.3 Å². The smallest absolute Gasteiger partial charge is 0.0219 e. The molecule has 0 aromatic carbocycles. The minimum absolute atomic E-state index is 1.11. The summed E-state index contributed by atoms with van der Waals surface area (Å²) in [5, 5.41) is 5.78. The minimum atomic E-state index is 1.11. The predicted molar refractivity (Wildman–Crippen MR) is 53.7 cm³/mol. The summed E-state index contributed by atoms with van der Waals surface area (Å²) < 4.78 is 0. The van der Waals surface area contributed by atoms with Crippen molar-refractivity contribution in [3.63, 3.8) is 0 Å². The van der Waals surface area contributed by atoms with Gasteiger partial charge in [0, 0.05) is 18.0 Å². The molecular weight excluding hydrogens is 166 g/mol. The van der Waals surface area contributed by atoms with Crippen LogP contribution < -0.4 is 5.32 Å². The summed E-state index contributed by atoms with van der Waals surface area (Å²) in [6.45, 7) is 4.52. The second-order valence-electron chi connectivity index (χ2n) is 3.34. The van der Waals surface area contributed by atoms with Crippen LogP contribution in [0.3, 0.4) is 0 Å². The van der Waals surface area contributed by atoms with Crippen molar-refractivity contribution in [3.8, 4) is 0 Å². The maximum Gasteiger partial charge on any atom is 0.0219 e. The average molecular weight is 181 g/mol. The first-order chi connectivity index (χ1) is 5.92. The topological polar surface area (TPSA) is 12.0 Å². The lowest BCUT2D eigenvalue weighted by Gasteiger charge is -2.13. The number of aryl methyl sites for hydroxylation is 1. The fourth-order valence-corrected chi connectivity index (χ4v) is 2.89. The zero-order valence-electron chi connectivity index (χ0n) is 7.52. The molecule has 0 bridgehead atoms. The highest BCUT2D eigenvalue weighted by Gasteiger charge is 2.13. The maximum atomic E-state index is 3.43. The van der Waals surface area contributed by atoms with E-state index < -0.39 is 0 Å². The van der Waals surface area contributed by atoms with Gasteiger partial charge in [-0.05, 0) is 29.3 Å². The quantitative estimate of drug-likeness (QED) is 0.738.